The van der Waals surface area contributed by atoms with Gasteiger partial charge in [0, 0.05) is 36.0 Å². The number of amides is 2. The van der Waals surface area contributed by atoms with Gasteiger partial charge in [-0.3, -0.25) is 14.5 Å². The van der Waals surface area contributed by atoms with Crippen LogP contribution in [-0.2, 0) is 9.53 Å². The summed E-state index contributed by atoms with van der Waals surface area (Å²) in [6.45, 7) is 9.42. The first-order valence-electron chi connectivity index (χ1n) is 17.5. The average molecular weight is 660 g/mol. The Balaban J connectivity index is 1.28. The van der Waals surface area contributed by atoms with E-state index in [4.69, 9.17) is 14.5 Å². The van der Waals surface area contributed by atoms with Gasteiger partial charge in [-0.15, -0.1) is 0 Å². The number of carbonyl (C=O) groups excluding carboxylic acids is 2. The van der Waals surface area contributed by atoms with Crippen molar-refractivity contribution in [3.8, 4) is 16.9 Å². The molecule has 0 saturated heterocycles. The number of nitrogens with zero attached hydrogens (tertiary/aromatic N) is 3. The zero-order valence-corrected chi connectivity index (χ0v) is 29.4. The number of ether oxygens (including phenoxy) is 2. The third kappa shape index (κ3) is 9.15. The van der Waals surface area contributed by atoms with Crippen molar-refractivity contribution in [2.24, 2.45) is 11.8 Å². The quantitative estimate of drug-likeness (QED) is 0.202. The van der Waals surface area contributed by atoms with Gasteiger partial charge in [-0.05, 0) is 133 Å². The van der Waals surface area contributed by atoms with Gasteiger partial charge >= 0.3 is 6.09 Å². The molecule has 2 aliphatic rings. The van der Waals surface area contributed by atoms with Gasteiger partial charge in [-0.25, -0.2) is 4.79 Å². The van der Waals surface area contributed by atoms with Crippen molar-refractivity contribution in [2.75, 3.05) is 13.7 Å². The first-order valence-corrected chi connectivity index (χ1v) is 17.5. The number of carbonyl (C=O) groups is 2. The summed E-state index contributed by atoms with van der Waals surface area (Å²) in [4.78, 5) is 30.9. The highest BCUT2D eigenvalue weighted by molar-refractivity contribution is 5.79. The van der Waals surface area contributed by atoms with E-state index in [0.29, 0.717) is 31.6 Å². The molecule has 3 N–H and O–H groups in total. The van der Waals surface area contributed by atoms with Crippen LogP contribution in [0.25, 0.3) is 11.1 Å². The molecule has 10 nitrogen and oxygen atoms in total. The number of rotatable bonds is 11. The second-order valence-corrected chi connectivity index (χ2v) is 14.7. The Hall–Kier alpha value is -3.92. The maximum atomic E-state index is 13.9. The molecule has 48 heavy (non-hydrogen) atoms. The molecular formula is C38H53N5O5. The lowest BCUT2D eigenvalue weighted by Crippen LogP contribution is -2.43. The standard InChI is InChI=1S/C38H53N5O5/c1-24(2)43-22-31(21-40-43)30-17-18-39-33(20-30)35(27-9-7-26(8-10-27)29-13-16-34(47-6)25(3)19-29)42-36(44)28-11-14-32(15-12-28)41-37(45)48-23-38(4,5)46/h13,16-22,24,26-28,32,35,46H,7-12,14-15,23H2,1-6H3,(H,41,45)(H,42,44). The molecule has 0 spiro atoms. The van der Waals surface area contributed by atoms with E-state index in [2.05, 4.69) is 67.0 Å². The number of nitrogens with one attached hydrogen (secondary N) is 2. The number of methoxy groups -OCH3 is 1. The van der Waals surface area contributed by atoms with Crippen molar-refractivity contribution in [1.29, 1.82) is 0 Å². The lowest BCUT2D eigenvalue weighted by Gasteiger charge is -2.36. The molecule has 0 radical (unpaired) electrons. The van der Waals surface area contributed by atoms with E-state index in [1.807, 2.05) is 23.1 Å². The fraction of sp³-hybridized carbons (Fsp3) is 0.579. The summed E-state index contributed by atoms with van der Waals surface area (Å²) >= 11 is 0. The first kappa shape index (κ1) is 35.4. The maximum absolute atomic E-state index is 13.9. The van der Waals surface area contributed by atoms with Crippen molar-refractivity contribution in [2.45, 2.75) is 116 Å². The maximum Gasteiger partial charge on any atom is 0.407 e. The molecule has 2 heterocycles. The molecule has 0 aliphatic heterocycles. The fourth-order valence-electron chi connectivity index (χ4n) is 7.16. The second kappa shape index (κ2) is 15.5. The first-order chi connectivity index (χ1) is 22.9. The zero-order valence-electron chi connectivity index (χ0n) is 29.4. The molecule has 1 aromatic carbocycles. The SMILES string of the molecule is COc1ccc(C2CCC(C(NC(=O)C3CCC(NC(=O)OCC(C)(C)O)CC3)c3cc(-c4cnn(C(C)C)c4)ccn3)CC2)cc1C. The topological polar surface area (TPSA) is 128 Å². The van der Waals surface area contributed by atoms with Crippen molar-refractivity contribution in [3.05, 3.63) is 65.7 Å². The van der Waals surface area contributed by atoms with E-state index in [-0.39, 0.29) is 42.5 Å². The van der Waals surface area contributed by atoms with Gasteiger partial charge in [0.05, 0.1) is 30.6 Å². The van der Waals surface area contributed by atoms with Crippen LogP contribution in [0.3, 0.4) is 0 Å². The van der Waals surface area contributed by atoms with Gasteiger partial charge in [0.1, 0.15) is 12.4 Å². The van der Waals surface area contributed by atoms with E-state index < -0.39 is 11.7 Å². The van der Waals surface area contributed by atoms with Crippen LogP contribution in [0.15, 0.2) is 48.9 Å². The van der Waals surface area contributed by atoms with E-state index in [9.17, 15) is 14.7 Å². The molecular weight excluding hydrogens is 606 g/mol. The summed E-state index contributed by atoms with van der Waals surface area (Å²) in [6.07, 6.45) is 12.1. The number of aliphatic hydroxyl groups is 1. The Morgan fingerprint density at radius 2 is 1.75 bits per heavy atom. The van der Waals surface area contributed by atoms with Gasteiger partial charge in [0.2, 0.25) is 5.91 Å². The van der Waals surface area contributed by atoms with Crippen LogP contribution in [0.1, 0.15) is 114 Å². The van der Waals surface area contributed by atoms with E-state index in [0.717, 1.165) is 53.8 Å². The van der Waals surface area contributed by atoms with Crippen LogP contribution in [0.4, 0.5) is 4.79 Å². The van der Waals surface area contributed by atoms with Crippen molar-refractivity contribution in [3.63, 3.8) is 0 Å². The summed E-state index contributed by atoms with van der Waals surface area (Å²) in [6, 6.07) is 10.6. The van der Waals surface area contributed by atoms with E-state index in [1.54, 1.807) is 21.0 Å². The predicted octanol–water partition coefficient (Wildman–Crippen LogP) is 7.03. The smallest absolute Gasteiger partial charge is 0.407 e. The number of hydrogen-bond acceptors (Lipinski definition) is 7. The van der Waals surface area contributed by atoms with Gasteiger partial charge in [-0.2, -0.15) is 5.10 Å². The van der Waals surface area contributed by atoms with Crippen LogP contribution in [0.2, 0.25) is 0 Å². The third-order valence-corrected chi connectivity index (χ3v) is 9.97. The minimum Gasteiger partial charge on any atom is -0.496 e. The van der Waals surface area contributed by atoms with E-state index >= 15 is 0 Å². The van der Waals surface area contributed by atoms with Crippen LogP contribution in [-0.4, -0.2) is 57.2 Å². The summed E-state index contributed by atoms with van der Waals surface area (Å²) < 4.78 is 12.6. The summed E-state index contributed by atoms with van der Waals surface area (Å²) in [5, 5.41) is 20.7. The lowest BCUT2D eigenvalue weighted by atomic mass is 9.74. The van der Waals surface area contributed by atoms with Gasteiger partial charge in [-0.1, -0.05) is 12.1 Å². The Morgan fingerprint density at radius 3 is 2.38 bits per heavy atom. The number of alkyl carbamates (subject to hydrolysis) is 1. The van der Waals surface area contributed by atoms with Crippen LogP contribution < -0.4 is 15.4 Å². The third-order valence-electron chi connectivity index (χ3n) is 9.97. The molecule has 2 aromatic heterocycles. The number of benzene rings is 1. The fourth-order valence-corrected chi connectivity index (χ4v) is 7.16. The number of aryl methyl sites for hydroxylation is 1. The normalized spacial score (nSPS) is 22.2. The zero-order chi connectivity index (χ0) is 34.4. The van der Waals surface area contributed by atoms with Crippen molar-refractivity contribution in [1.82, 2.24) is 25.4 Å². The highest BCUT2D eigenvalue weighted by Gasteiger charge is 2.34. The Bertz CT molecular complexity index is 1530. The summed E-state index contributed by atoms with van der Waals surface area (Å²) in [7, 11) is 1.71. The number of aromatic nitrogens is 3. The molecule has 1 unspecified atom stereocenters. The molecule has 1 atom stereocenters. The minimum absolute atomic E-state index is 0.0517. The largest absolute Gasteiger partial charge is 0.496 e. The van der Waals surface area contributed by atoms with Crippen LogP contribution >= 0.6 is 0 Å². The summed E-state index contributed by atoms with van der Waals surface area (Å²) in [5.41, 5.74) is 4.37. The molecule has 2 fully saturated rings. The Kier molecular flexibility index (Phi) is 11.5. The monoisotopic (exact) mass is 659 g/mol. The molecule has 5 rings (SSSR count). The highest BCUT2D eigenvalue weighted by Crippen LogP contribution is 2.42. The highest BCUT2D eigenvalue weighted by atomic mass is 16.6. The second-order valence-electron chi connectivity index (χ2n) is 14.7. The van der Waals surface area contributed by atoms with E-state index in [1.165, 1.54) is 5.56 Å². The molecule has 2 amide bonds. The Morgan fingerprint density at radius 1 is 1.02 bits per heavy atom. The minimum atomic E-state index is -1.08. The average Bonchev–Trinajstić information content (AvgIpc) is 3.58. The van der Waals surface area contributed by atoms with Crippen molar-refractivity contribution < 1.29 is 24.2 Å². The molecule has 3 aromatic rings. The van der Waals surface area contributed by atoms with Gasteiger partial charge in [0.25, 0.3) is 0 Å². The van der Waals surface area contributed by atoms with Gasteiger partial charge < -0.3 is 25.2 Å². The molecule has 260 valence electrons. The number of pyridine rings is 1. The van der Waals surface area contributed by atoms with Crippen molar-refractivity contribution >= 4 is 12.0 Å². The van der Waals surface area contributed by atoms with Crippen LogP contribution in [0, 0.1) is 18.8 Å². The Labute approximate surface area is 285 Å². The lowest BCUT2D eigenvalue weighted by molar-refractivity contribution is -0.127. The molecule has 0 bridgehead atoms. The molecule has 10 heteroatoms. The summed E-state index contributed by atoms with van der Waals surface area (Å²) in [5.74, 6) is 1.56. The molecule has 2 saturated carbocycles. The molecule has 2 aliphatic carbocycles. The predicted molar refractivity (Wildman–Crippen MR) is 186 cm³/mol. The van der Waals surface area contributed by atoms with Gasteiger partial charge in [0.15, 0.2) is 0 Å². The van der Waals surface area contributed by atoms with Crippen LogP contribution in [0.5, 0.6) is 5.75 Å². The number of hydrogen-bond donors (Lipinski definition) is 3.